The number of nitrogens with one attached hydrogen (secondary N) is 1. The molecule has 1 aliphatic rings. The first-order valence-electron chi connectivity index (χ1n) is 10.6. The Balaban J connectivity index is 1.40. The third kappa shape index (κ3) is 4.52. The number of nitrogens with zero attached hydrogens (tertiary/aromatic N) is 4. The molecule has 34 heavy (non-hydrogen) atoms. The van der Waals surface area contributed by atoms with Gasteiger partial charge in [0.15, 0.2) is 5.78 Å². The van der Waals surface area contributed by atoms with Crippen molar-refractivity contribution >= 4 is 45.1 Å². The SMILES string of the molecule is N#Cc1cnc2cc(OC3CCOC3)c(N)cc2c1Nc1cnc(CC(=O)c2cccs2)nc1. The fourth-order valence-corrected chi connectivity index (χ4v) is 4.33. The second-order valence-electron chi connectivity index (χ2n) is 7.76. The monoisotopic (exact) mass is 472 g/mol. The molecule has 10 heteroatoms. The van der Waals surface area contributed by atoms with Crippen LogP contribution in [0.25, 0.3) is 10.9 Å². The number of hydrogen-bond acceptors (Lipinski definition) is 10. The molecule has 3 N–H and O–H groups in total. The summed E-state index contributed by atoms with van der Waals surface area (Å²) in [7, 11) is 0. The Labute approximate surface area is 199 Å². The lowest BCUT2D eigenvalue weighted by Crippen LogP contribution is -2.16. The molecule has 170 valence electrons. The third-order valence-corrected chi connectivity index (χ3v) is 6.30. The molecule has 0 spiro atoms. The van der Waals surface area contributed by atoms with Crippen LogP contribution in [0.5, 0.6) is 5.75 Å². The van der Waals surface area contributed by atoms with Crippen LogP contribution in [-0.4, -0.2) is 40.1 Å². The molecule has 0 amide bonds. The molecule has 3 aromatic heterocycles. The average Bonchev–Trinajstić information content (AvgIpc) is 3.56. The Morgan fingerprint density at radius 2 is 2.15 bits per heavy atom. The van der Waals surface area contributed by atoms with Crippen molar-refractivity contribution in [3.8, 4) is 11.8 Å². The number of anilines is 3. The summed E-state index contributed by atoms with van der Waals surface area (Å²) < 4.78 is 11.3. The molecule has 0 saturated carbocycles. The summed E-state index contributed by atoms with van der Waals surface area (Å²) in [5.41, 5.74) is 8.80. The van der Waals surface area contributed by atoms with E-state index >= 15 is 0 Å². The van der Waals surface area contributed by atoms with Crippen molar-refractivity contribution in [2.75, 3.05) is 24.3 Å². The molecule has 0 radical (unpaired) electrons. The highest BCUT2D eigenvalue weighted by molar-refractivity contribution is 7.12. The van der Waals surface area contributed by atoms with Gasteiger partial charge in [-0.05, 0) is 17.5 Å². The summed E-state index contributed by atoms with van der Waals surface area (Å²) >= 11 is 1.39. The molecular weight excluding hydrogens is 452 g/mol. The van der Waals surface area contributed by atoms with Gasteiger partial charge in [0, 0.05) is 24.1 Å². The number of fused-ring (bicyclic) bond motifs is 1. The van der Waals surface area contributed by atoms with Gasteiger partial charge in [0.05, 0.1) is 65.0 Å². The molecule has 1 atom stereocenters. The molecule has 4 aromatic rings. The zero-order valence-corrected chi connectivity index (χ0v) is 18.8. The fraction of sp³-hybridized carbons (Fsp3) is 0.208. The number of pyridine rings is 1. The largest absolute Gasteiger partial charge is 0.486 e. The summed E-state index contributed by atoms with van der Waals surface area (Å²) in [5.74, 6) is 0.931. The van der Waals surface area contributed by atoms with E-state index in [1.54, 1.807) is 30.6 Å². The lowest BCUT2D eigenvalue weighted by Gasteiger charge is -2.16. The van der Waals surface area contributed by atoms with Crippen LogP contribution in [0.3, 0.4) is 0 Å². The highest BCUT2D eigenvalue weighted by atomic mass is 32.1. The maximum atomic E-state index is 12.3. The smallest absolute Gasteiger partial charge is 0.180 e. The van der Waals surface area contributed by atoms with Crippen molar-refractivity contribution in [3.63, 3.8) is 0 Å². The first-order valence-corrected chi connectivity index (χ1v) is 11.5. The van der Waals surface area contributed by atoms with Gasteiger partial charge in [0.1, 0.15) is 23.7 Å². The predicted molar refractivity (Wildman–Crippen MR) is 128 cm³/mol. The molecule has 0 bridgehead atoms. The highest BCUT2D eigenvalue weighted by Gasteiger charge is 2.20. The molecule has 1 saturated heterocycles. The van der Waals surface area contributed by atoms with E-state index in [-0.39, 0.29) is 18.3 Å². The van der Waals surface area contributed by atoms with E-state index in [9.17, 15) is 10.1 Å². The van der Waals surface area contributed by atoms with Crippen LogP contribution in [0.15, 0.2) is 48.2 Å². The number of ether oxygens (including phenoxy) is 2. The van der Waals surface area contributed by atoms with Gasteiger partial charge >= 0.3 is 0 Å². The molecule has 1 fully saturated rings. The number of aromatic nitrogens is 3. The van der Waals surface area contributed by atoms with E-state index in [4.69, 9.17) is 15.2 Å². The van der Waals surface area contributed by atoms with E-state index in [0.717, 1.165) is 6.42 Å². The van der Waals surface area contributed by atoms with Crippen LogP contribution in [0.2, 0.25) is 0 Å². The number of carbonyl (C=O) groups is 1. The lowest BCUT2D eigenvalue weighted by atomic mass is 10.1. The van der Waals surface area contributed by atoms with Crippen molar-refractivity contribution in [3.05, 3.63) is 64.5 Å². The zero-order chi connectivity index (χ0) is 23.5. The van der Waals surface area contributed by atoms with Gasteiger partial charge in [-0.3, -0.25) is 9.78 Å². The van der Waals surface area contributed by atoms with Gasteiger partial charge in [-0.1, -0.05) is 6.07 Å². The van der Waals surface area contributed by atoms with Gasteiger partial charge in [0.2, 0.25) is 0 Å². The molecule has 1 aliphatic heterocycles. The first kappa shape index (κ1) is 21.8. The third-order valence-electron chi connectivity index (χ3n) is 5.39. The second kappa shape index (κ2) is 9.43. The van der Waals surface area contributed by atoms with Crippen molar-refractivity contribution in [1.82, 2.24) is 15.0 Å². The Morgan fingerprint density at radius 1 is 1.29 bits per heavy atom. The second-order valence-corrected chi connectivity index (χ2v) is 8.71. The number of thiophene rings is 1. The Morgan fingerprint density at radius 3 is 2.85 bits per heavy atom. The minimum atomic E-state index is -0.0434. The number of carbonyl (C=O) groups excluding carboxylic acids is 1. The molecule has 0 aliphatic carbocycles. The predicted octanol–water partition coefficient (Wildman–Crippen LogP) is 3.88. The first-order chi connectivity index (χ1) is 16.6. The molecule has 4 heterocycles. The molecule has 5 rings (SSSR count). The normalized spacial score (nSPS) is 15.2. The number of hydrogen-bond donors (Lipinski definition) is 2. The van der Waals surface area contributed by atoms with Crippen molar-refractivity contribution in [1.29, 1.82) is 5.26 Å². The minimum Gasteiger partial charge on any atom is -0.486 e. The Hall–Kier alpha value is -4.07. The molecule has 1 aromatic carbocycles. The fourth-order valence-electron chi connectivity index (χ4n) is 3.67. The number of nitrogen functional groups attached to an aromatic ring is 1. The number of nitriles is 1. The van der Waals surface area contributed by atoms with E-state index in [2.05, 4.69) is 26.3 Å². The van der Waals surface area contributed by atoms with Crippen LogP contribution < -0.4 is 15.8 Å². The van der Waals surface area contributed by atoms with Crippen LogP contribution in [-0.2, 0) is 11.2 Å². The standard InChI is InChI=1S/C24H20N6O3S/c25-9-14-10-27-19-7-21(33-16-3-4-32-13-16)18(26)6-17(19)24(14)30-15-11-28-23(29-12-15)8-20(31)22-2-1-5-34-22/h1-2,5-7,10-12,16H,3-4,8,13,26H2,(H,27,30). The van der Waals surface area contributed by atoms with E-state index in [1.165, 1.54) is 17.5 Å². The quantitative estimate of drug-likeness (QED) is 0.303. The molecular formula is C24H20N6O3S. The number of rotatable bonds is 7. The summed E-state index contributed by atoms with van der Waals surface area (Å²) in [4.78, 5) is 26.0. The average molecular weight is 473 g/mol. The van der Waals surface area contributed by atoms with Crippen LogP contribution in [0.4, 0.5) is 17.1 Å². The van der Waals surface area contributed by atoms with E-state index < -0.39 is 0 Å². The Bertz CT molecular complexity index is 1380. The van der Waals surface area contributed by atoms with Crippen molar-refractivity contribution in [2.24, 2.45) is 0 Å². The highest BCUT2D eigenvalue weighted by Crippen LogP contribution is 2.35. The summed E-state index contributed by atoms with van der Waals surface area (Å²) in [5, 5.41) is 15.4. The van der Waals surface area contributed by atoms with E-state index in [1.807, 2.05) is 11.4 Å². The zero-order valence-electron chi connectivity index (χ0n) is 18.0. The molecule has 9 nitrogen and oxygen atoms in total. The maximum Gasteiger partial charge on any atom is 0.180 e. The van der Waals surface area contributed by atoms with Crippen molar-refractivity contribution < 1.29 is 14.3 Å². The van der Waals surface area contributed by atoms with Crippen LogP contribution >= 0.6 is 11.3 Å². The number of ketones is 1. The summed E-state index contributed by atoms with van der Waals surface area (Å²) in [6.07, 6.45) is 5.54. The lowest BCUT2D eigenvalue weighted by molar-refractivity contribution is 0.0994. The Kier molecular flexibility index (Phi) is 6.03. The van der Waals surface area contributed by atoms with Gasteiger partial charge in [-0.25, -0.2) is 9.97 Å². The number of nitrogens with two attached hydrogens (primary N) is 1. The van der Waals surface area contributed by atoms with Gasteiger partial charge in [-0.15, -0.1) is 11.3 Å². The van der Waals surface area contributed by atoms with Gasteiger partial charge < -0.3 is 20.5 Å². The number of benzene rings is 1. The molecule has 1 unspecified atom stereocenters. The maximum absolute atomic E-state index is 12.3. The number of Topliss-reactive ketones (excluding diaryl/α,β-unsaturated/α-hetero) is 1. The van der Waals surface area contributed by atoms with Crippen LogP contribution in [0, 0.1) is 11.3 Å². The van der Waals surface area contributed by atoms with Gasteiger partial charge in [0.25, 0.3) is 0 Å². The topological polar surface area (TPSA) is 136 Å². The van der Waals surface area contributed by atoms with E-state index in [0.29, 0.717) is 63.2 Å². The van der Waals surface area contributed by atoms with Crippen molar-refractivity contribution in [2.45, 2.75) is 18.9 Å². The summed E-state index contributed by atoms with van der Waals surface area (Å²) in [6, 6.07) is 9.28. The summed E-state index contributed by atoms with van der Waals surface area (Å²) in [6.45, 7) is 1.19. The van der Waals surface area contributed by atoms with Gasteiger partial charge in [-0.2, -0.15) is 5.26 Å². The van der Waals surface area contributed by atoms with Crippen LogP contribution in [0.1, 0.15) is 27.5 Å². The minimum absolute atomic E-state index is 0.0275.